The number of hydrogen-bond donors (Lipinski definition) is 0. The molecule has 7 aromatic rings. The van der Waals surface area contributed by atoms with Crippen LogP contribution in [0.25, 0.3) is 49.4 Å². The average molecular weight is 502 g/mol. The topological polar surface area (TPSA) is 14.2 Å². The number of benzene rings is 6. The summed E-state index contributed by atoms with van der Waals surface area (Å²) in [6.45, 7) is 4.59. The zero-order chi connectivity index (χ0) is 26.1. The van der Waals surface area contributed by atoms with Crippen LogP contribution in [0.3, 0.4) is 0 Å². The summed E-state index contributed by atoms with van der Waals surface area (Å²) in [6.07, 6.45) is 0. The monoisotopic (exact) mass is 501 g/mol. The van der Waals surface area contributed by atoms with Crippen molar-refractivity contribution in [1.29, 1.82) is 0 Å². The predicted octanol–water partition coefficient (Wildman–Crippen LogP) is 10.0. The van der Waals surface area contributed by atoms with E-state index in [1.165, 1.54) is 60.5 Å². The van der Waals surface area contributed by atoms with Gasteiger partial charge in [-0.2, -0.15) is 0 Å². The SMILES string of the molecule is CC1(C)c2ccccc2Oc2ccc(-c3ccccc3-n3c4ccccc4c4c5ccccc5ccc43)cc21. The van der Waals surface area contributed by atoms with E-state index in [1.54, 1.807) is 0 Å². The quantitative estimate of drug-likeness (QED) is 0.230. The van der Waals surface area contributed by atoms with Crippen LogP contribution in [0.4, 0.5) is 0 Å². The number of hydrogen-bond acceptors (Lipinski definition) is 1. The van der Waals surface area contributed by atoms with E-state index in [0.717, 1.165) is 11.5 Å². The molecule has 0 radical (unpaired) electrons. The highest BCUT2D eigenvalue weighted by atomic mass is 16.5. The molecule has 8 rings (SSSR count). The van der Waals surface area contributed by atoms with Gasteiger partial charge in [0.2, 0.25) is 0 Å². The smallest absolute Gasteiger partial charge is 0.131 e. The van der Waals surface area contributed by atoms with Crippen LogP contribution in [0.2, 0.25) is 0 Å². The van der Waals surface area contributed by atoms with E-state index in [2.05, 4.69) is 140 Å². The first-order valence-electron chi connectivity index (χ1n) is 13.5. The van der Waals surface area contributed by atoms with Gasteiger partial charge in [0.05, 0.1) is 16.7 Å². The van der Waals surface area contributed by atoms with Crippen molar-refractivity contribution in [3.8, 4) is 28.3 Å². The summed E-state index contributed by atoms with van der Waals surface area (Å²) in [5.74, 6) is 1.88. The molecule has 0 unspecified atom stereocenters. The second-order valence-corrected chi connectivity index (χ2v) is 11.0. The fraction of sp³-hybridized carbons (Fsp3) is 0.0811. The second-order valence-electron chi connectivity index (χ2n) is 11.0. The molecule has 1 aromatic heterocycles. The number of para-hydroxylation sites is 3. The van der Waals surface area contributed by atoms with Crippen LogP contribution in [0.1, 0.15) is 25.0 Å². The molecule has 6 aromatic carbocycles. The lowest BCUT2D eigenvalue weighted by molar-refractivity contribution is 0.418. The van der Waals surface area contributed by atoms with Gasteiger partial charge in [-0.05, 0) is 52.7 Å². The molecular weight excluding hydrogens is 474 g/mol. The zero-order valence-electron chi connectivity index (χ0n) is 22.0. The maximum absolute atomic E-state index is 6.36. The number of aromatic nitrogens is 1. The third kappa shape index (κ3) is 3.15. The molecular formula is C37H27NO. The van der Waals surface area contributed by atoms with Crippen molar-refractivity contribution >= 4 is 32.6 Å². The second kappa shape index (κ2) is 8.09. The molecule has 0 amide bonds. The van der Waals surface area contributed by atoms with E-state index >= 15 is 0 Å². The van der Waals surface area contributed by atoms with Gasteiger partial charge < -0.3 is 9.30 Å². The van der Waals surface area contributed by atoms with Crippen LogP contribution in [0, 0.1) is 0 Å². The van der Waals surface area contributed by atoms with Crippen LogP contribution in [-0.2, 0) is 5.41 Å². The Morgan fingerprint density at radius 2 is 1.28 bits per heavy atom. The van der Waals surface area contributed by atoms with Gasteiger partial charge in [0, 0.05) is 32.9 Å². The standard InChI is InChI=1S/C37H27NO/c1-37(2)29-15-7-10-18-34(29)39-35-22-20-25(23-30(35)37)26-12-5-8-16-31(26)38-32-17-9-6-14-28(32)36-27-13-4-3-11-24(27)19-21-33(36)38/h3-23H,1-2H3. The Bertz CT molecular complexity index is 2080. The van der Waals surface area contributed by atoms with Crippen molar-refractivity contribution in [3.63, 3.8) is 0 Å². The first-order valence-corrected chi connectivity index (χ1v) is 13.5. The van der Waals surface area contributed by atoms with Gasteiger partial charge in [-0.15, -0.1) is 0 Å². The van der Waals surface area contributed by atoms with Crippen molar-refractivity contribution in [1.82, 2.24) is 4.57 Å². The summed E-state index contributed by atoms with van der Waals surface area (Å²) in [7, 11) is 0. The van der Waals surface area contributed by atoms with Gasteiger partial charge in [-0.25, -0.2) is 0 Å². The molecule has 2 heteroatoms. The number of fused-ring (bicyclic) bond motifs is 7. The van der Waals surface area contributed by atoms with Gasteiger partial charge in [0.1, 0.15) is 11.5 Å². The highest BCUT2D eigenvalue weighted by molar-refractivity contribution is 6.21. The van der Waals surface area contributed by atoms with Gasteiger partial charge in [0.25, 0.3) is 0 Å². The van der Waals surface area contributed by atoms with Crippen molar-refractivity contribution < 1.29 is 4.74 Å². The average Bonchev–Trinajstić information content (AvgIpc) is 3.32. The fourth-order valence-corrected chi connectivity index (χ4v) is 6.52. The lowest BCUT2D eigenvalue weighted by Crippen LogP contribution is -2.24. The normalized spacial score (nSPS) is 13.8. The van der Waals surface area contributed by atoms with Crippen molar-refractivity contribution in [2.24, 2.45) is 0 Å². The first-order chi connectivity index (χ1) is 19.1. The van der Waals surface area contributed by atoms with Crippen LogP contribution in [-0.4, -0.2) is 4.57 Å². The molecule has 1 aliphatic heterocycles. The van der Waals surface area contributed by atoms with Crippen LogP contribution >= 0.6 is 0 Å². The number of nitrogens with zero attached hydrogens (tertiary/aromatic N) is 1. The van der Waals surface area contributed by atoms with E-state index in [9.17, 15) is 0 Å². The molecule has 186 valence electrons. The summed E-state index contributed by atoms with van der Waals surface area (Å²) in [5.41, 5.74) is 8.26. The van der Waals surface area contributed by atoms with Gasteiger partial charge in [0.15, 0.2) is 0 Å². The van der Waals surface area contributed by atoms with Crippen molar-refractivity contribution in [2.45, 2.75) is 19.3 Å². The number of ether oxygens (including phenoxy) is 1. The van der Waals surface area contributed by atoms with E-state index in [-0.39, 0.29) is 5.41 Å². The minimum Gasteiger partial charge on any atom is -0.457 e. The molecule has 39 heavy (non-hydrogen) atoms. The minimum atomic E-state index is -0.166. The van der Waals surface area contributed by atoms with Crippen LogP contribution in [0.15, 0.2) is 127 Å². The Morgan fingerprint density at radius 1 is 0.564 bits per heavy atom. The third-order valence-electron chi connectivity index (χ3n) is 8.45. The molecule has 2 nitrogen and oxygen atoms in total. The highest BCUT2D eigenvalue weighted by Gasteiger charge is 2.34. The summed E-state index contributed by atoms with van der Waals surface area (Å²) >= 11 is 0. The lowest BCUT2D eigenvalue weighted by Gasteiger charge is -2.34. The van der Waals surface area contributed by atoms with Gasteiger partial charge >= 0.3 is 0 Å². The Labute approximate surface area is 227 Å². The molecule has 1 aliphatic rings. The molecule has 0 saturated carbocycles. The predicted molar refractivity (Wildman–Crippen MR) is 162 cm³/mol. The zero-order valence-corrected chi connectivity index (χ0v) is 22.0. The molecule has 0 aliphatic carbocycles. The Hall–Kier alpha value is -4.82. The minimum absolute atomic E-state index is 0.166. The molecule has 2 heterocycles. The highest BCUT2D eigenvalue weighted by Crippen LogP contribution is 2.49. The molecule has 0 saturated heterocycles. The van der Waals surface area contributed by atoms with E-state index in [0.29, 0.717) is 0 Å². The maximum atomic E-state index is 6.36. The fourth-order valence-electron chi connectivity index (χ4n) is 6.52. The maximum Gasteiger partial charge on any atom is 0.131 e. The summed E-state index contributed by atoms with van der Waals surface area (Å²) in [5, 5.41) is 5.12. The van der Waals surface area contributed by atoms with Crippen molar-refractivity contribution in [2.75, 3.05) is 0 Å². The van der Waals surface area contributed by atoms with Gasteiger partial charge in [-0.1, -0.05) is 105 Å². The first kappa shape index (κ1) is 22.2. The van der Waals surface area contributed by atoms with Crippen LogP contribution < -0.4 is 4.74 Å². The Kier molecular flexibility index (Phi) is 4.60. The van der Waals surface area contributed by atoms with E-state index in [4.69, 9.17) is 4.74 Å². The Balaban J connectivity index is 1.39. The van der Waals surface area contributed by atoms with E-state index < -0.39 is 0 Å². The largest absolute Gasteiger partial charge is 0.457 e. The molecule has 0 fully saturated rings. The lowest BCUT2D eigenvalue weighted by atomic mass is 9.75. The molecule has 0 bridgehead atoms. The molecule has 0 spiro atoms. The number of rotatable bonds is 2. The Morgan fingerprint density at radius 3 is 2.21 bits per heavy atom. The van der Waals surface area contributed by atoms with Crippen molar-refractivity contribution in [3.05, 3.63) is 139 Å². The van der Waals surface area contributed by atoms with E-state index in [1.807, 2.05) is 6.07 Å². The van der Waals surface area contributed by atoms with Crippen LogP contribution in [0.5, 0.6) is 11.5 Å². The summed E-state index contributed by atoms with van der Waals surface area (Å²) in [6, 6.07) is 45.8. The third-order valence-corrected chi connectivity index (χ3v) is 8.45. The summed E-state index contributed by atoms with van der Waals surface area (Å²) in [4.78, 5) is 0. The molecule has 0 atom stereocenters. The molecule has 0 N–H and O–H groups in total. The summed E-state index contributed by atoms with van der Waals surface area (Å²) < 4.78 is 8.79. The van der Waals surface area contributed by atoms with Gasteiger partial charge in [-0.3, -0.25) is 0 Å².